The minimum atomic E-state index is -0.652. The van der Waals surface area contributed by atoms with E-state index in [0.717, 1.165) is 0 Å². The van der Waals surface area contributed by atoms with Crippen LogP contribution in [0.2, 0.25) is 0 Å². The van der Waals surface area contributed by atoms with E-state index in [4.69, 9.17) is 10.2 Å². The molecule has 15 heavy (non-hydrogen) atoms. The summed E-state index contributed by atoms with van der Waals surface area (Å²) in [5, 5.41) is 21.0. The van der Waals surface area contributed by atoms with Crippen LogP contribution in [0.5, 0.6) is 0 Å². The molecule has 0 saturated carbocycles. The van der Waals surface area contributed by atoms with E-state index in [1.165, 1.54) is 0 Å². The lowest BCUT2D eigenvalue weighted by Crippen LogP contribution is -2.49. The Morgan fingerprint density at radius 3 is 2.27 bits per heavy atom. The molecule has 0 aromatic heterocycles. The van der Waals surface area contributed by atoms with E-state index in [1.54, 1.807) is 25.9 Å². The quantitative estimate of drug-likeness (QED) is 0.489. The maximum Gasteiger partial charge on any atom is 0.222 e. The van der Waals surface area contributed by atoms with Crippen LogP contribution in [0.3, 0.4) is 0 Å². The maximum atomic E-state index is 11.2. The smallest absolute Gasteiger partial charge is 0.222 e. The molecule has 0 bridgehead atoms. The van der Waals surface area contributed by atoms with Crippen LogP contribution in [-0.2, 0) is 4.79 Å². The van der Waals surface area contributed by atoms with Gasteiger partial charge in [0.05, 0.1) is 18.8 Å². The van der Waals surface area contributed by atoms with Gasteiger partial charge in [-0.25, -0.2) is 0 Å². The predicted molar refractivity (Wildman–Crippen MR) is 58.5 cm³/mol. The first-order valence-corrected chi connectivity index (χ1v) is 5.12. The lowest BCUT2D eigenvalue weighted by Gasteiger charge is -2.26. The summed E-state index contributed by atoms with van der Waals surface area (Å²) in [5.74, 6) is 0.0894. The van der Waals surface area contributed by atoms with Crippen LogP contribution in [0.1, 0.15) is 19.8 Å². The largest absolute Gasteiger partial charge is 0.394 e. The van der Waals surface area contributed by atoms with Gasteiger partial charge in [0.1, 0.15) is 0 Å². The molecule has 0 aliphatic carbocycles. The lowest BCUT2D eigenvalue weighted by molar-refractivity contribution is -0.128. The average molecular weight is 218 g/mol. The number of aliphatic hydroxyl groups is 2. The second-order valence-electron chi connectivity index (χ2n) is 4.20. The number of hydrogen-bond donors (Lipinski definition) is 3. The highest BCUT2D eigenvalue weighted by atomic mass is 16.3. The van der Waals surface area contributed by atoms with Gasteiger partial charge in [-0.05, 0) is 19.9 Å². The van der Waals surface area contributed by atoms with E-state index in [1.807, 2.05) is 0 Å². The van der Waals surface area contributed by atoms with E-state index >= 15 is 0 Å². The Kier molecular flexibility index (Phi) is 6.47. The first-order chi connectivity index (χ1) is 6.95. The topological polar surface area (TPSA) is 72.8 Å². The van der Waals surface area contributed by atoms with Crippen molar-refractivity contribution in [1.82, 2.24) is 10.2 Å². The van der Waals surface area contributed by atoms with Gasteiger partial charge in [-0.15, -0.1) is 0 Å². The monoisotopic (exact) mass is 218 g/mol. The van der Waals surface area contributed by atoms with Crippen molar-refractivity contribution in [2.45, 2.75) is 25.3 Å². The number of aliphatic hydroxyl groups excluding tert-OH is 2. The van der Waals surface area contributed by atoms with Crippen LogP contribution in [0, 0.1) is 0 Å². The molecule has 0 saturated heterocycles. The molecule has 0 unspecified atom stereocenters. The van der Waals surface area contributed by atoms with Gasteiger partial charge in [0.25, 0.3) is 0 Å². The molecule has 0 heterocycles. The van der Waals surface area contributed by atoms with Crippen molar-refractivity contribution in [3.8, 4) is 0 Å². The summed E-state index contributed by atoms with van der Waals surface area (Å²) in [6, 6.07) is 0. The van der Waals surface area contributed by atoms with Crippen LogP contribution in [0.25, 0.3) is 0 Å². The zero-order chi connectivity index (χ0) is 11.9. The second-order valence-corrected chi connectivity index (χ2v) is 4.20. The van der Waals surface area contributed by atoms with E-state index in [2.05, 4.69) is 5.32 Å². The number of nitrogens with zero attached hydrogens (tertiary/aromatic N) is 1. The number of hydrogen-bond acceptors (Lipinski definition) is 4. The van der Waals surface area contributed by atoms with Gasteiger partial charge in [-0.3, -0.25) is 4.79 Å². The number of carbonyl (C=O) groups is 1. The molecule has 0 aromatic carbocycles. The van der Waals surface area contributed by atoms with Gasteiger partial charge in [-0.1, -0.05) is 0 Å². The first-order valence-electron chi connectivity index (χ1n) is 5.12. The zero-order valence-corrected chi connectivity index (χ0v) is 9.79. The summed E-state index contributed by atoms with van der Waals surface area (Å²) in [7, 11) is 3.45. The molecule has 0 fully saturated rings. The summed E-state index contributed by atoms with van der Waals surface area (Å²) in [6.07, 6.45) is 1.18. The molecular formula is C10H22N2O3. The van der Waals surface area contributed by atoms with Gasteiger partial charge in [-0.2, -0.15) is 0 Å². The number of rotatable bonds is 7. The minimum Gasteiger partial charge on any atom is -0.394 e. The third kappa shape index (κ3) is 5.71. The molecule has 5 heteroatoms. The van der Waals surface area contributed by atoms with Gasteiger partial charge < -0.3 is 20.4 Å². The van der Waals surface area contributed by atoms with Crippen LogP contribution in [-0.4, -0.2) is 60.4 Å². The second kappa shape index (κ2) is 6.76. The molecule has 0 spiro atoms. The Morgan fingerprint density at radius 1 is 1.33 bits per heavy atom. The van der Waals surface area contributed by atoms with Crippen molar-refractivity contribution >= 4 is 5.91 Å². The Morgan fingerprint density at radius 2 is 1.87 bits per heavy atom. The van der Waals surface area contributed by atoms with Crippen molar-refractivity contribution < 1.29 is 15.0 Å². The number of nitrogens with one attached hydrogen (secondary N) is 1. The molecule has 1 amide bonds. The minimum absolute atomic E-state index is 0.0894. The summed E-state index contributed by atoms with van der Waals surface area (Å²) in [5.41, 5.74) is -0.652. The standard InChI is InChI=1S/C10H22N2O3/c1-10(7-13,8-14)11-6-4-5-9(15)12(2)3/h11,13-14H,4-8H2,1-3H3. The van der Waals surface area contributed by atoms with Crippen molar-refractivity contribution in [3.63, 3.8) is 0 Å². The highest BCUT2D eigenvalue weighted by molar-refractivity contribution is 5.75. The molecule has 3 N–H and O–H groups in total. The molecule has 0 aliphatic heterocycles. The zero-order valence-electron chi connectivity index (χ0n) is 9.79. The maximum absolute atomic E-state index is 11.2. The normalized spacial score (nSPS) is 11.5. The molecule has 5 nitrogen and oxygen atoms in total. The first kappa shape index (κ1) is 14.3. The van der Waals surface area contributed by atoms with Crippen LogP contribution < -0.4 is 5.32 Å². The molecule has 0 atom stereocenters. The van der Waals surface area contributed by atoms with Gasteiger partial charge in [0, 0.05) is 20.5 Å². The Bertz CT molecular complexity index is 191. The van der Waals surface area contributed by atoms with Crippen molar-refractivity contribution in [1.29, 1.82) is 0 Å². The lowest BCUT2D eigenvalue weighted by atomic mass is 10.1. The fourth-order valence-electron chi connectivity index (χ4n) is 1.02. The summed E-state index contributed by atoms with van der Waals surface area (Å²) in [4.78, 5) is 12.8. The van der Waals surface area contributed by atoms with Gasteiger partial charge in [0.15, 0.2) is 0 Å². The van der Waals surface area contributed by atoms with Gasteiger partial charge >= 0.3 is 0 Å². The number of amides is 1. The summed E-state index contributed by atoms with van der Waals surface area (Å²) in [6.45, 7) is 2.11. The van der Waals surface area contributed by atoms with Crippen molar-refractivity contribution in [3.05, 3.63) is 0 Å². The Labute approximate surface area is 91.1 Å². The molecule has 0 aromatic rings. The van der Waals surface area contributed by atoms with Crippen LogP contribution in [0.4, 0.5) is 0 Å². The molecule has 0 aliphatic rings. The number of carbonyl (C=O) groups excluding carboxylic acids is 1. The third-order valence-corrected chi connectivity index (χ3v) is 2.32. The predicted octanol–water partition coefficient (Wildman–Crippen LogP) is -0.812. The Hall–Kier alpha value is -0.650. The SMILES string of the molecule is CN(C)C(=O)CCCNC(C)(CO)CO. The molecule has 90 valence electrons. The fraction of sp³-hybridized carbons (Fsp3) is 0.900. The molecular weight excluding hydrogens is 196 g/mol. The highest BCUT2D eigenvalue weighted by Crippen LogP contribution is 2.01. The van der Waals surface area contributed by atoms with E-state index in [9.17, 15) is 4.79 Å². The van der Waals surface area contributed by atoms with Crippen LogP contribution >= 0.6 is 0 Å². The molecule has 0 radical (unpaired) electrons. The van der Waals surface area contributed by atoms with Crippen LogP contribution in [0.15, 0.2) is 0 Å². The van der Waals surface area contributed by atoms with E-state index < -0.39 is 5.54 Å². The Balaban J connectivity index is 3.66. The molecule has 0 rings (SSSR count). The van der Waals surface area contributed by atoms with E-state index in [0.29, 0.717) is 19.4 Å². The summed E-state index contributed by atoms with van der Waals surface area (Å²) < 4.78 is 0. The van der Waals surface area contributed by atoms with Gasteiger partial charge in [0.2, 0.25) is 5.91 Å². The fourth-order valence-corrected chi connectivity index (χ4v) is 1.02. The highest BCUT2D eigenvalue weighted by Gasteiger charge is 2.20. The third-order valence-electron chi connectivity index (χ3n) is 2.32. The summed E-state index contributed by atoms with van der Waals surface area (Å²) >= 11 is 0. The van der Waals surface area contributed by atoms with Crippen molar-refractivity contribution in [2.24, 2.45) is 0 Å². The average Bonchev–Trinajstić information content (AvgIpc) is 2.23. The van der Waals surface area contributed by atoms with E-state index in [-0.39, 0.29) is 19.1 Å². The van der Waals surface area contributed by atoms with Crippen molar-refractivity contribution in [2.75, 3.05) is 33.9 Å².